The number of amides is 1. The Bertz CT molecular complexity index is 1170. The molecule has 3 aromatic carbocycles. The molecule has 1 N–H and O–H groups in total. The molecule has 4 nitrogen and oxygen atoms in total. The van der Waals surface area contributed by atoms with Crippen molar-refractivity contribution in [1.82, 2.24) is 0 Å². The highest BCUT2D eigenvalue weighted by Gasteiger charge is 2.11. The van der Waals surface area contributed by atoms with Crippen molar-refractivity contribution >= 4 is 29.3 Å². The average molecular weight is 431 g/mol. The van der Waals surface area contributed by atoms with Gasteiger partial charge in [-0.2, -0.15) is 5.26 Å². The minimum absolute atomic E-state index is 0.0125. The van der Waals surface area contributed by atoms with Gasteiger partial charge in [-0.05, 0) is 67.8 Å². The summed E-state index contributed by atoms with van der Waals surface area (Å²) in [7, 11) is 0. The number of hydrogen-bond donors (Lipinski definition) is 1. The fourth-order valence-electron chi connectivity index (χ4n) is 3.27. The Balaban J connectivity index is 1.72. The maximum absolute atomic E-state index is 12.5. The molecule has 0 aliphatic rings. The van der Waals surface area contributed by atoms with Crippen LogP contribution in [-0.4, -0.2) is 5.91 Å². The van der Waals surface area contributed by atoms with Crippen molar-refractivity contribution in [3.05, 3.63) is 99.1 Å². The van der Waals surface area contributed by atoms with Gasteiger partial charge in [0.05, 0.1) is 5.02 Å². The quantitative estimate of drug-likeness (QED) is 0.364. The van der Waals surface area contributed by atoms with Gasteiger partial charge in [-0.15, -0.1) is 0 Å². The lowest BCUT2D eigenvalue weighted by Crippen LogP contribution is -2.13. The van der Waals surface area contributed by atoms with Gasteiger partial charge in [0.15, 0.2) is 0 Å². The molecule has 0 fully saturated rings. The second-order valence-corrected chi connectivity index (χ2v) is 7.88. The maximum atomic E-state index is 12.5. The number of ether oxygens (including phenoxy) is 1. The molecule has 0 heterocycles. The Kier molecular flexibility index (Phi) is 7.12. The Hall–Kier alpha value is -3.55. The fourth-order valence-corrected chi connectivity index (χ4v) is 3.52. The van der Waals surface area contributed by atoms with Crippen LogP contribution in [-0.2, 0) is 11.4 Å². The van der Waals surface area contributed by atoms with Gasteiger partial charge in [-0.25, -0.2) is 0 Å². The Labute approximate surface area is 187 Å². The van der Waals surface area contributed by atoms with E-state index >= 15 is 0 Å². The third kappa shape index (κ3) is 6.21. The molecule has 156 valence electrons. The first kappa shape index (κ1) is 22.1. The predicted octanol–water partition coefficient (Wildman–Crippen LogP) is 6.39. The molecule has 0 saturated heterocycles. The molecule has 0 aromatic heterocycles. The molecule has 0 saturated carbocycles. The normalized spacial score (nSPS) is 11.0. The number of carbonyl (C=O) groups is 1. The van der Waals surface area contributed by atoms with Crippen LogP contribution in [0.5, 0.6) is 5.75 Å². The van der Waals surface area contributed by atoms with Crippen LogP contribution in [0.15, 0.2) is 66.2 Å². The summed E-state index contributed by atoms with van der Waals surface area (Å²) in [6.07, 6.45) is 1.50. The van der Waals surface area contributed by atoms with Crippen LogP contribution < -0.4 is 10.1 Å². The van der Waals surface area contributed by atoms with Gasteiger partial charge in [0.1, 0.15) is 24.0 Å². The molecular weight excluding hydrogens is 408 g/mol. The molecule has 0 bridgehead atoms. The number of nitrogens with zero attached hydrogens (tertiary/aromatic N) is 1. The number of hydrogen-bond acceptors (Lipinski definition) is 3. The zero-order chi connectivity index (χ0) is 22.4. The number of rotatable bonds is 6. The van der Waals surface area contributed by atoms with E-state index in [9.17, 15) is 10.1 Å². The number of aryl methyl sites for hydroxylation is 3. The van der Waals surface area contributed by atoms with E-state index in [-0.39, 0.29) is 5.57 Å². The zero-order valence-electron chi connectivity index (χ0n) is 17.7. The molecule has 0 spiro atoms. The van der Waals surface area contributed by atoms with Crippen molar-refractivity contribution in [2.45, 2.75) is 27.4 Å². The first-order valence-corrected chi connectivity index (χ1v) is 10.2. The van der Waals surface area contributed by atoms with Crippen molar-refractivity contribution < 1.29 is 9.53 Å². The highest BCUT2D eigenvalue weighted by Crippen LogP contribution is 2.27. The number of nitrogens with one attached hydrogen (secondary N) is 1. The summed E-state index contributed by atoms with van der Waals surface area (Å²) in [6.45, 7) is 6.43. The highest BCUT2D eigenvalue weighted by molar-refractivity contribution is 6.32. The van der Waals surface area contributed by atoms with Crippen LogP contribution in [0.3, 0.4) is 0 Å². The van der Waals surface area contributed by atoms with E-state index in [0.717, 1.165) is 11.1 Å². The zero-order valence-corrected chi connectivity index (χ0v) is 18.5. The lowest BCUT2D eigenvalue weighted by molar-refractivity contribution is -0.112. The van der Waals surface area contributed by atoms with Crippen LogP contribution in [0.2, 0.25) is 5.02 Å². The summed E-state index contributed by atoms with van der Waals surface area (Å²) in [5, 5.41) is 12.6. The molecule has 3 aromatic rings. The van der Waals surface area contributed by atoms with Crippen LogP contribution in [0.4, 0.5) is 5.69 Å². The average Bonchev–Trinajstić information content (AvgIpc) is 2.70. The van der Waals surface area contributed by atoms with Gasteiger partial charge >= 0.3 is 0 Å². The molecule has 31 heavy (non-hydrogen) atoms. The van der Waals surface area contributed by atoms with Gasteiger partial charge in [0, 0.05) is 5.69 Å². The summed E-state index contributed by atoms with van der Waals surface area (Å²) in [5.74, 6) is 0.0695. The molecule has 3 rings (SSSR count). The van der Waals surface area contributed by atoms with Gasteiger partial charge in [-0.1, -0.05) is 59.1 Å². The smallest absolute Gasteiger partial charge is 0.266 e. The summed E-state index contributed by atoms with van der Waals surface area (Å²) in [5.41, 5.74) is 5.71. The summed E-state index contributed by atoms with van der Waals surface area (Å²) in [4.78, 5) is 12.5. The number of nitriles is 1. The van der Waals surface area contributed by atoms with Gasteiger partial charge in [0.25, 0.3) is 5.91 Å². The second kappa shape index (κ2) is 9.97. The fraction of sp³-hybridized carbons (Fsp3) is 0.154. The van der Waals surface area contributed by atoms with E-state index in [4.69, 9.17) is 16.3 Å². The van der Waals surface area contributed by atoms with Crippen molar-refractivity contribution in [3.63, 3.8) is 0 Å². The van der Waals surface area contributed by atoms with E-state index in [1.54, 1.807) is 24.3 Å². The number of carbonyl (C=O) groups excluding carboxylic acids is 1. The van der Waals surface area contributed by atoms with Gasteiger partial charge in [0.2, 0.25) is 0 Å². The molecule has 0 aliphatic heterocycles. The molecule has 5 heteroatoms. The van der Waals surface area contributed by atoms with Crippen LogP contribution in [0.25, 0.3) is 6.08 Å². The lowest BCUT2D eigenvalue weighted by Gasteiger charge is -2.10. The van der Waals surface area contributed by atoms with Crippen LogP contribution in [0.1, 0.15) is 27.8 Å². The van der Waals surface area contributed by atoms with E-state index in [2.05, 4.69) is 23.5 Å². The van der Waals surface area contributed by atoms with Crippen molar-refractivity contribution in [2.75, 3.05) is 5.32 Å². The third-order valence-corrected chi connectivity index (χ3v) is 4.88. The molecule has 0 aliphatic carbocycles. The molecule has 1 amide bonds. The van der Waals surface area contributed by atoms with Gasteiger partial charge < -0.3 is 10.1 Å². The number of anilines is 1. The van der Waals surface area contributed by atoms with E-state index in [0.29, 0.717) is 28.6 Å². The van der Waals surface area contributed by atoms with Gasteiger partial charge in [-0.3, -0.25) is 4.79 Å². The largest absolute Gasteiger partial charge is 0.487 e. The summed E-state index contributed by atoms with van der Waals surface area (Å²) >= 11 is 6.37. The number of benzene rings is 3. The number of halogens is 1. The molecule has 0 unspecified atom stereocenters. The van der Waals surface area contributed by atoms with E-state index < -0.39 is 5.91 Å². The predicted molar refractivity (Wildman–Crippen MR) is 125 cm³/mol. The Morgan fingerprint density at radius 1 is 1.03 bits per heavy atom. The third-order valence-electron chi connectivity index (χ3n) is 4.58. The lowest BCUT2D eigenvalue weighted by atomic mass is 10.1. The molecule has 0 radical (unpaired) electrons. The van der Waals surface area contributed by atoms with E-state index in [1.165, 1.54) is 17.2 Å². The Morgan fingerprint density at radius 2 is 1.77 bits per heavy atom. The summed E-state index contributed by atoms with van der Waals surface area (Å²) < 4.78 is 5.86. The molecular formula is C26H23ClN2O2. The van der Waals surface area contributed by atoms with E-state index in [1.807, 2.05) is 45.0 Å². The van der Waals surface area contributed by atoms with Crippen LogP contribution >= 0.6 is 11.6 Å². The topological polar surface area (TPSA) is 62.1 Å². The SMILES string of the molecule is Cc1cc(C)cc(COc2ccc(/C=C(\C#N)C(=O)Nc3cccc(C)c3)cc2Cl)c1. The standard InChI is InChI=1S/C26H23ClN2O2/c1-17-5-4-6-23(12-17)29-26(30)22(15-28)13-20-7-8-25(24(27)14-20)31-16-21-10-18(2)9-19(3)11-21/h4-14H,16H2,1-3H3,(H,29,30)/b22-13+. The van der Waals surface area contributed by atoms with Crippen molar-refractivity contribution in [3.8, 4) is 11.8 Å². The van der Waals surface area contributed by atoms with Crippen LogP contribution in [0, 0.1) is 32.1 Å². The molecule has 0 atom stereocenters. The summed E-state index contributed by atoms with van der Waals surface area (Å²) in [6, 6.07) is 20.8. The first-order chi connectivity index (χ1) is 14.8. The van der Waals surface area contributed by atoms with Crippen molar-refractivity contribution in [1.29, 1.82) is 5.26 Å². The monoisotopic (exact) mass is 430 g/mol. The Morgan fingerprint density at radius 3 is 2.42 bits per heavy atom. The minimum Gasteiger partial charge on any atom is -0.487 e. The highest BCUT2D eigenvalue weighted by atomic mass is 35.5. The minimum atomic E-state index is -0.473. The second-order valence-electron chi connectivity index (χ2n) is 7.47. The maximum Gasteiger partial charge on any atom is 0.266 e. The van der Waals surface area contributed by atoms with Crippen molar-refractivity contribution in [2.24, 2.45) is 0 Å². The first-order valence-electron chi connectivity index (χ1n) is 9.83.